The van der Waals surface area contributed by atoms with E-state index in [1.165, 1.54) is 6.20 Å². The zero-order valence-electron chi connectivity index (χ0n) is 23.9. The normalized spacial score (nSPS) is 18.4. The summed E-state index contributed by atoms with van der Waals surface area (Å²) in [7, 11) is 6.77. The van der Waals surface area contributed by atoms with E-state index in [1.807, 2.05) is 31.4 Å². The zero-order valence-corrected chi connectivity index (χ0v) is 24.7. The van der Waals surface area contributed by atoms with Crippen molar-refractivity contribution in [2.24, 2.45) is 5.92 Å². The van der Waals surface area contributed by atoms with E-state index in [1.54, 1.807) is 17.9 Å². The molecule has 0 saturated carbocycles. The molecule has 6 heterocycles. The Morgan fingerprint density at radius 3 is 2.67 bits per heavy atom. The number of carbonyl (C=O) groups excluding carboxylic acids is 1. The Morgan fingerprint density at radius 1 is 1.12 bits per heavy atom. The molecule has 4 N–H and O–H groups in total. The number of likely N-dealkylation sites (N-methyl/N-ethyl adjacent to an activating group) is 1. The van der Waals surface area contributed by atoms with Gasteiger partial charge < -0.3 is 30.6 Å². The number of pyridine rings is 3. The lowest BCUT2D eigenvalue weighted by atomic mass is 10.00. The van der Waals surface area contributed by atoms with Gasteiger partial charge in [-0.05, 0) is 37.6 Å². The highest BCUT2D eigenvalue weighted by molar-refractivity contribution is 6.33. The predicted molar refractivity (Wildman–Crippen MR) is 169 cm³/mol. The average Bonchev–Trinajstić information content (AvgIpc) is 3.69. The number of benzene rings is 1. The number of H-pyrrole nitrogens is 1. The van der Waals surface area contributed by atoms with E-state index in [4.69, 9.17) is 21.7 Å². The van der Waals surface area contributed by atoms with E-state index < -0.39 is 0 Å². The number of likely N-dealkylation sites (tertiary alicyclic amines) is 1. The molecule has 218 valence electrons. The summed E-state index contributed by atoms with van der Waals surface area (Å²) in [6, 6.07) is 6.08. The molecule has 0 radical (unpaired) electrons. The Hall–Kier alpha value is -4.19. The number of aromatic amines is 1. The second-order valence-corrected chi connectivity index (χ2v) is 11.2. The zero-order chi connectivity index (χ0) is 29.7. The fourth-order valence-electron chi connectivity index (χ4n) is 6.70. The fourth-order valence-corrected chi connectivity index (χ4v) is 6.92. The van der Waals surface area contributed by atoms with Gasteiger partial charge in [0.15, 0.2) is 11.9 Å². The maximum Gasteiger partial charge on any atom is 0.201 e. The van der Waals surface area contributed by atoms with Crippen molar-refractivity contribution in [2.75, 3.05) is 63.5 Å². The molecule has 0 spiro atoms. The monoisotopic (exact) mass is 588 g/mol. The van der Waals surface area contributed by atoms with E-state index in [9.17, 15) is 9.59 Å². The van der Waals surface area contributed by atoms with Crippen LogP contribution in [0.1, 0.15) is 16.8 Å². The number of aliphatic hydroxyl groups excluding tert-OH is 1. The van der Waals surface area contributed by atoms with E-state index in [-0.39, 0.29) is 11.0 Å². The number of nitrogens with zero attached hydrogens (tertiary/aromatic N) is 5. The molecule has 4 aromatic heterocycles. The van der Waals surface area contributed by atoms with Crippen LogP contribution in [0, 0.1) is 5.92 Å². The Morgan fingerprint density at radius 2 is 1.93 bits per heavy atom. The summed E-state index contributed by atoms with van der Waals surface area (Å²) in [6.07, 6.45) is 6.80. The summed E-state index contributed by atoms with van der Waals surface area (Å²) in [5.41, 5.74) is 8.47. The maximum absolute atomic E-state index is 13.2. The summed E-state index contributed by atoms with van der Waals surface area (Å²) in [5, 5.41) is 13.2. The van der Waals surface area contributed by atoms with Crippen LogP contribution in [-0.4, -0.2) is 89.8 Å². The first-order valence-electron chi connectivity index (χ1n) is 13.8. The molecule has 2 aliphatic heterocycles. The maximum atomic E-state index is 13.2. The second-order valence-electron chi connectivity index (χ2n) is 10.7. The van der Waals surface area contributed by atoms with Crippen LogP contribution in [0.15, 0.2) is 41.6 Å². The summed E-state index contributed by atoms with van der Waals surface area (Å²) in [6.45, 7) is 2.97. The van der Waals surface area contributed by atoms with Crippen molar-refractivity contribution >= 4 is 62.2 Å². The molecule has 0 amide bonds. The quantitative estimate of drug-likeness (QED) is 0.228. The molecular weight excluding hydrogens is 556 g/mol. The molecule has 0 unspecified atom stereocenters. The van der Waals surface area contributed by atoms with Crippen LogP contribution >= 0.6 is 11.6 Å². The highest BCUT2D eigenvalue weighted by atomic mass is 35.5. The number of halogens is 1. The van der Waals surface area contributed by atoms with E-state index >= 15 is 0 Å². The van der Waals surface area contributed by atoms with Gasteiger partial charge in [-0.3, -0.25) is 9.59 Å². The van der Waals surface area contributed by atoms with Gasteiger partial charge in [-0.25, -0.2) is 14.6 Å². The first-order valence-corrected chi connectivity index (χ1v) is 14.2. The lowest BCUT2D eigenvalue weighted by Crippen LogP contribution is -2.35. The molecule has 1 aromatic carbocycles. The molecule has 0 aliphatic carbocycles. The number of carbonyl (C=O) groups is 1. The number of anilines is 2. The van der Waals surface area contributed by atoms with Crippen molar-refractivity contribution in [3.8, 4) is 11.1 Å². The van der Waals surface area contributed by atoms with Crippen molar-refractivity contribution in [3.05, 3.63) is 57.6 Å². The molecule has 12 heteroatoms. The molecule has 2 atom stereocenters. The van der Waals surface area contributed by atoms with Crippen LogP contribution < -0.4 is 21.1 Å². The predicted octanol–water partition coefficient (Wildman–Crippen LogP) is 3.52. The van der Waals surface area contributed by atoms with Crippen LogP contribution in [0.5, 0.6) is 0 Å². The van der Waals surface area contributed by atoms with Gasteiger partial charge >= 0.3 is 0 Å². The van der Waals surface area contributed by atoms with Crippen molar-refractivity contribution in [1.29, 1.82) is 0 Å². The minimum absolute atomic E-state index is 0.0665. The van der Waals surface area contributed by atoms with Crippen LogP contribution in [0.25, 0.3) is 44.1 Å². The third-order valence-corrected chi connectivity index (χ3v) is 8.72. The highest BCUT2D eigenvalue weighted by Gasteiger charge is 2.41. The summed E-state index contributed by atoms with van der Waals surface area (Å²) < 4.78 is 1.59. The molecule has 5 aromatic rings. The largest absolute Gasteiger partial charge is 0.400 e. The lowest BCUT2D eigenvalue weighted by Gasteiger charge is -2.29. The minimum atomic E-state index is -0.349. The molecule has 0 bridgehead atoms. The van der Waals surface area contributed by atoms with Gasteiger partial charge in [0.05, 0.1) is 33.2 Å². The Kier molecular flexibility index (Phi) is 7.25. The fraction of sp³-hybridized carbons (Fsp3) is 0.333. The van der Waals surface area contributed by atoms with E-state index in [0.717, 1.165) is 77.6 Å². The standard InChI is InChI=1S/C29H29ClN8O2.CH4O/c1-31-22-8-18(30)7-19-24-26(37-5-4-15-11-36(3)13-23(15)37)21(10-33-28(24)35-25(19)22)16-6-20-27(40)17(14-39)12-38(32-2)29(20)34-9-16;1-2/h6-10,12,14-15,23,31-32H,4-5,11,13H2,1-3H3,(H,33,35);2H,1H3/t15-,23+;/m0./s1. The SMILES string of the molecule is CNc1cc(Cl)cc2c1[nH]c1ncc(-c3cnc4c(c3)c(=O)c(C=O)cn4NC)c(N3CC[C@H]4CN(C)C[C@H]43)c12.CO. The highest BCUT2D eigenvalue weighted by Crippen LogP contribution is 2.46. The Labute approximate surface area is 247 Å². The second kappa shape index (κ2) is 10.9. The molecule has 2 fully saturated rings. The average molecular weight is 589 g/mol. The van der Waals surface area contributed by atoms with Gasteiger partial charge in [0.2, 0.25) is 5.43 Å². The molecule has 2 saturated heterocycles. The number of aldehydes is 1. The van der Waals surface area contributed by atoms with Crippen molar-refractivity contribution in [2.45, 2.75) is 12.5 Å². The number of aliphatic hydroxyl groups is 1. The summed E-state index contributed by atoms with van der Waals surface area (Å²) >= 11 is 6.60. The number of hydrogen-bond acceptors (Lipinski definition) is 9. The molecular formula is C30H33ClN8O3. The lowest BCUT2D eigenvalue weighted by molar-refractivity contribution is 0.112. The molecule has 2 aliphatic rings. The Balaban J connectivity index is 0.00000155. The van der Waals surface area contributed by atoms with Crippen LogP contribution in [-0.2, 0) is 0 Å². The molecule has 7 rings (SSSR count). The van der Waals surface area contributed by atoms with Gasteiger partial charge in [-0.2, -0.15) is 0 Å². The smallest absolute Gasteiger partial charge is 0.201 e. The molecule has 42 heavy (non-hydrogen) atoms. The van der Waals surface area contributed by atoms with Gasteiger partial charge in [0.1, 0.15) is 5.65 Å². The van der Waals surface area contributed by atoms with Gasteiger partial charge in [-0.15, -0.1) is 0 Å². The van der Waals surface area contributed by atoms with Crippen LogP contribution in [0.3, 0.4) is 0 Å². The summed E-state index contributed by atoms with van der Waals surface area (Å²) in [4.78, 5) is 42.9. The molecule has 11 nitrogen and oxygen atoms in total. The number of aromatic nitrogens is 4. The third kappa shape index (κ3) is 4.27. The van der Waals surface area contributed by atoms with Crippen LogP contribution in [0.2, 0.25) is 5.02 Å². The Bertz CT molecular complexity index is 1900. The topological polar surface area (TPSA) is 131 Å². The first-order chi connectivity index (χ1) is 20.4. The number of rotatable bonds is 5. The third-order valence-electron chi connectivity index (χ3n) is 8.50. The number of fused-ring (bicyclic) bond motifs is 5. The van der Waals surface area contributed by atoms with Gasteiger partial charge in [0.25, 0.3) is 0 Å². The van der Waals surface area contributed by atoms with Gasteiger partial charge in [0, 0.05) is 87.0 Å². The van der Waals surface area contributed by atoms with E-state index in [0.29, 0.717) is 34.3 Å². The van der Waals surface area contributed by atoms with Crippen molar-refractivity contribution in [1.82, 2.24) is 24.5 Å². The summed E-state index contributed by atoms with van der Waals surface area (Å²) in [5.74, 6) is 0.579. The minimum Gasteiger partial charge on any atom is -0.400 e. The number of hydrogen-bond donors (Lipinski definition) is 4. The van der Waals surface area contributed by atoms with Gasteiger partial charge in [-0.1, -0.05) is 11.6 Å². The first kappa shape index (κ1) is 28.0. The number of nitrogens with one attached hydrogen (secondary N) is 3. The van der Waals surface area contributed by atoms with Crippen molar-refractivity contribution in [3.63, 3.8) is 0 Å². The van der Waals surface area contributed by atoms with Crippen molar-refractivity contribution < 1.29 is 9.90 Å². The van der Waals surface area contributed by atoms with Crippen LogP contribution in [0.4, 0.5) is 11.4 Å². The van der Waals surface area contributed by atoms with E-state index in [2.05, 4.69) is 37.6 Å².